The van der Waals surface area contributed by atoms with Crippen molar-refractivity contribution in [2.24, 2.45) is 0 Å². The standard InChI is InChI=1S/C20H21N3O4S/c1-13-17(10-14-4-6-15(7-5-14)22(2)3)19(24)23(20(25)18(13)11-21)16-8-9-28(26,27)12-16/h4-7,10,16H,8-9,12H2,1-3H3/b17-10-/t16-/m0/s1. The summed E-state index contributed by atoms with van der Waals surface area (Å²) in [5.41, 5.74) is 2.17. The zero-order valence-corrected chi connectivity index (χ0v) is 16.8. The molecule has 2 aliphatic rings. The van der Waals surface area contributed by atoms with Crippen molar-refractivity contribution in [3.63, 3.8) is 0 Å². The van der Waals surface area contributed by atoms with Gasteiger partial charge in [-0.2, -0.15) is 5.26 Å². The first kappa shape index (κ1) is 19.8. The SMILES string of the molecule is CC1=C(C#N)C(=O)N([C@H]2CCS(=O)(=O)C2)C(=O)/C1=C\c1ccc(N(C)C)cc1. The van der Waals surface area contributed by atoms with Gasteiger partial charge in [-0.1, -0.05) is 12.1 Å². The fourth-order valence-electron chi connectivity index (χ4n) is 3.45. The minimum atomic E-state index is -3.29. The molecule has 7 nitrogen and oxygen atoms in total. The molecule has 1 fully saturated rings. The van der Waals surface area contributed by atoms with Crippen LogP contribution in [0.4, 0.5) is 5.69 Å². The Bertz CT molecular complexity index is 1040. The van der Waals surface area contributed by atoms with Gasteiger partial charge in [-0.25, -0.2) is 8.42 Å². The summed E-state index contributed by atoms with van der Waals surface area (Å²) in [6.45, 7) is 1.57. The highest BCUT2D eigenvalue weighted by atomic mass is 32.2. The highest BCUT2D eigenvalue weighted by Crippen LogP contribution is 2.31. The van der Waals surface area contributed by atoms with Gasteiger partial charge in [-0.3, -0.25) is 14.5 Å². The summed E-state index contributed by atoms with van der Waals surface area (Å²) in [6.07, 6.45) is 1.83. The molecule has 2 aliphatic heterocycles. The minimum Gasteiger partial charge on any atom is -0.378 e. The molecular formula is C20H21N3O4S. The molecule has 0 bridgehead atoms. The van der Waals surface area contributed by atoms with Crippen LogP contribution in [-0.4, -0.2) is 56.8 Å². The Balaban J connectivity index is 2.04. The number of imide groups is 1. The molecular weight excluding hydrogens is 378 g/mol. The molecule has 8 heteroatoms. The molecule has 1 saturated heterocycles. The number of nitriles is 1. The molecule has 0 spiro atoms. The first-order valence-corrected chi connectivity index (χ1v) is 10.7. The highest BCUT2D eigenvalue weighted by molar-refractivity contribution is 7.91. The van der Waals surface area contributed by atoms with Crippen LogP contribution in [0.5, 0.6) is 0 Å². The Morgan fingerprint density at radius 2 is 1.82 bits per heavy atom. The first-order chi connectivity index (χ1) is 13.1. The topological polar surface area (TPSA) is 98.5 Å². The fraction of sp³-hybridized carbons (Fsp3) is 0.350. The fourth-order valence-corrected chi connectivity index (χ4v) is 5.15. The molecule has 28 heavy (non-hydrogen) atoms. The molecule has 0 saturated carbocycles. The summed E-state index contributed by atoms with van der Waals surface area (Å²) >= 11 is 0. The van der Waals surface area contributed by atoms with Crippen LogP contribution in [0.2, 0.25) is 0 Å². The number of nitrogens with zero attached hydrogens (tertiary/aromatic N) is 3. The van der Waals surface area contributed by atoms with Crippen LogP contribution in [0.15, 0.2) is 41.0 Å². The summed E-state index contributed by atoms with van der Waals surface area (Å²) in [6, 6.07) is 8.63. The second-order valence-corrected chi connectivity index (χ2v) is 9.42. The summed E-state index contributed by atoms with van der Waals surface area (Å²) in [7, 11) is 0.552. The zero-order chi connectivity index (χ0) is 20.6. The highest BCUT2D eigenvalue weighted by Gasteiger charge is 2.43. The average molecular weight is 399 g/mol. The van der Waals surface area contributed by atoms with Crippen molar-refractivity contribution in [1.29, 1.82) is 5.26 Å². The lowest BCUT2D eigenvalue weighted by Crippen LogP contribution is -2.49. The van der Waals surface area contributed by atoms with Gasteiger partial charge in [-0.15, -0.1) is 0 Å². The van der Waals surface area contributed by atoms with Crippen LogP contribution in [0, 0.1) is 11.3 Å². The Labute approximate surface area is 164 Å². The van der Waals surface area contributed by atoms with Gasteiger partial charge in [0.05, 0.1) is 17.5 Å². The number of anilines is 1. The molecule has 2 amide bonds. The predicted octanol–water partition coefficient (Wildman–Crippen LogP) is 1.53. The van der Waals surface area contributed by atoms with Gasteiger partial charge >= 0.3 is 0 Å². The van der Waals surface area contributed by atoms with E-state index in [4.69, 9.17) is 0 Å². The van der Waals surface area contributed by atoms with E-state index in [1.54, 1.807) is 13.0 Å². The van der Waals surface area contributed by atoms with Gasteiger partial charge in [-0.05, 0) is 42.7 Å². The Morgan fingerprint density at radius 1 is 1.18 bits per heavy atom. The van der Waals surface area contributed by atoms with Gasteiger partial charge in [0.2, 0.25) is 0 Å². The maximum atomic E-state index is 13.1. The molecule has 1 aromatic carbocycles. The van der Waals surface area contributed by atoms with E-state index in [9.17, 15) is 23.3 Å². The van der Waals surface area contributed by atoms with Crippen LogP contribution < -0.4 is 4.90 Å². The lowest BCUT2D eigenvalue weighted by Gasteiger charge is -2.31. The van der Waals surface area contributed by atoms with Crippen LogP contribution in [-0.2, 0) is 19.4 Å². The van der Waals surface area contributed by atoms with Crippen LogP contribution >= 0.6 is 0 Å². The van der Waals surface area contributed by atoms with Crippen molar-refractivity contribution in [2.75, 3.05) is 30.5 Å². The second-order valence-electron chi connectivity index (χ2n) is 7.19. The smallest absolute Gasteiger partial charge is 0.271 e. The van der Waals surface area contributed by atoms with Crippen molar-refractivity contribution in [3.05, 3.63) is 46.5 Å². The lowest BCUT2D eigenvalue weighted by molar-refractivity contribution is -0.142. The molecule has 146 valence electrons. The summed E-state index contributed by atoms with van der Waals surface area (Å²) in [4.78, 5) is 28.7. The average Bonchev–Trinajstić information content (AvgIpc) is 2.99. The van der Waals surface area contributed by atoms with E-state index in [-0.39, 0.29) is 29.1 Å². The third kappa shape index (κ3) is 3.58. The number of carbonyl (C=O) groups excluding carboxylic acids is 2. The Hall–Kier alpha value is -2.92. The van der Waals surface area contributed by atoms with Crippen molar-refractivity contribution >= 4 is 33.4 Å². The first-order valence-electron chi connectivity index (χ1n) is 8.83. The van der Waals surface area contributed by atoms with Crippen molar-refractivity contribution < 1.29 is 18.0 Å². The molecule has 3 rings (SSSR count). The Kier molecular flexibility index (Phi) is 5.13. The molecule has 0 N–H and O–H groups in total. The van der Waals surface area contributed by atoms with E-state index >= 15 is 0 Å². The van der Waals surface area contributed by atoms with Crippen LogP contribution in [0.25, 0.3) is 6.08 Å². The van der Waals surface area contributed by atoms with Crippen LogP contribution in [0.1, 0.15) is 18.9 Å². The van der Waals surface area contributed by atoms with E-state index < -0.39 is 27.7 Å². The molecule has 1 atom stereocenters. The number of benzene rings is 1. The number of carbonyl (C=O) groups is 2. The Morgan fingerprint density at radius 3 is 2.32 bits per heavy atom. The lowest BCUT2D eigenvalue weighted by atomic mass is 9.92. The van der Waals surface area contributed by atoms with E-state index in [0.717, 1.165) is 16.2 Å². The summed E-state index contributed by atoms with van der Waals surface area (Å²) < 4.78 is 23.7. The number of sulfone groups is 1. The predicted molar refractivity (Wildman–Crippen MR) is 106 cm³/mol. The van der Waals surface area contributed by atoms with E-state index in [0.29, 0.717) is 5.57 Å². The quantitative estimate of drug-likeness (QED) is 0.565. The molecule has 0 aromatic heterocycles. The van der Waals surface area contributed by atoms with Crippen molar-refractivity contribution in [2.45, 2.75) is 19.4 Å². The van der Waals surface area contributed by atoms with Gasteiger partial charge in [0, 0.05) is 25.4 Å². The number of hydrogen-bond donors (Lipinski definition) is 0. The second kappa shape index (κ2) is 7.24. The normalized spacial score (nSPS) is 23.3. The van der Waals surface area contributed by atoms with Crippen molar-refractivity contribution in [3.8, 4) is 6.07 Å². The van der Waals surface area contributed by atoms with Gasteiger partial charge < -0.3 is 4.90 Å². The van der Waals surface area contributed by atoms with Gasteiger partial charge in [0.15, 0.2) is 9.84 Å². The summed E-state index contributed by atoms with van der Waals surface area (Å²) in [5.74, 6) is -1.59. The maximum absolute atomic E-state index is 13.1. The third-order valence-corrected chi connectivity index (χ3v) is 6.82. The van der Waals surface area contributed by atoms with Gasteiger partial charge in [0.25, 0.3) is 11.8 Å². The van der Waals surface area contributed by atoms with E-state index in [1.165, 1.54) is 0 Å². The molecule has 0 radical (unpaired) electrons. The molecule has 0 unspecified atom stereocenters. The number of amides is 2. The third-order valence-electron chi connectivity index (χ3n) is 5.07. The maximum Gasteiger partial charge on any atom is 0.271 e. The van der Waals surface area contributed by atoms with Crippen LogP contribution in [0.3, 0.4) is 0 Å². The summed E-state index contributed by atoms with van der Waals surface area (Å²) in [5, 5.41) is 9.45. The largest absolute Gasteiger partial charge is 0.378 e. The number of hydrogen-bond acceptors (Lipinski definition) is 6. The molecule has 1 aromatic rings. The minimum absolute atomic E-state index is 0.0651. The van der Waals surface area contributed by atoms with E-state index in [2.05, 4.69) is 0 Å². The van der Waals surface area contributed by atoms with E-state index in [1.807, 2.05) is 49.3 Å². The number of rotatable bonds is 3. The van der Waals surface area contributed by atoms with Crippen molar-refractivity contribution in [1.82, 2.24) is 4.90 Å². The monoisotopic (exact) mass is 399 g/mol. The zero-order valence-electron chi connectivity index (χ0n) is 16.0. The molecule has 2 heterocycles. The molecule has 0 aliphatic carbocycles. The van der Waals surface area contributed by atoms with Gasteiger partial charge in [0.1, 0.15) is 11.6 Å².